The van der Waals surface area contributed by atoms with Crippen LogP contribution in [0.5, 0.6) is 0 Å². The first kappa shape index (κ1) is 13.0. The van der Waals surface area contributed by atoms with Crippen LogP contribution in [0.1, 0.15) is 23.6 Å². The van der Waals surface area contributed by atoms with E-state index in [9.17, 15) is 0 Å². The molecule has 2 heteroatoms. The van der Waals surface area contributed by atoms with Crippen molar-refractivity contribution in [2.24, 2.45) is 0 Å². The molecule has 0 saturated heterocycles. The molecule has 1 aromatic rings. The molecule has 0 N–H and O–H groups in total. The first-order chi connectivity index (χ1) is 6.91. The lowest BCUT2D eigenvalue weighted by Gasteiger charge is -2.21. The van der Waals surface area contributed by atoms with Crippen molar-refractivity contribution in [3.05, 3.63) is 32.4 Å². The third-order valence-corrected chi connectivity index (χ3v) is 4.06. The van der Waals surface area contributed by atoms with Crippen molar-refractivity contribution < 1.29 is 0 Å². The Morgan fingerprint density at radius 2 is 1.73 bits per heavy atom. The van der Waals surface area contributed by atoms with Crippen molar-refractivity contribution >= 4 is 22.6 Å². The smallest absolute Gasteiger partial charge is 0.0165 e. The van der Waals surface area contributed by atoms with Gasteiger partial charge in [0.1, 0.15) is 0 Å². The molecule has 84 valence electrons. The molecular formula is C13H20IN. The van der Waals surface area contributed by atoms with E-state index >= 15 is 0 Å². The summed E-state index contributed by atoms with van der Waals surface area (Å²) in [5.41, 5.74) is 4.26. The van der Waals surface area contributed by atoms with E-state index in [-0.39, 0.29) is 0 Å². The second-order valence-corrected chi connectivity index (χ2v) is 5.71. The van der Waals surface area contributed by atoms with E-state index in [0.29, 0.717) is 6.04 Å². The molecule has 1 nitrogen and oxygen atoms in total. The Labute approximate surface area is 107 Å². The van der Waals surface area contributed by atoms with Gasteiger partial charge >= 0.3 is 0 Å². The summed E-state index contributed by atoms with van der Waals surface area (Å²) in [5.74, 6) is 0. The number of nitrogens with zero attached hydrogens (tertiary/aromatic N) is 1. The van der Waals surface area contributed by atoms with Gasteiger partial charge in [-0.1, -0.05) is 6.07 Å². The molecule has 1 aromatic carbocycles. The largest absolute Gasteiger partial charge is 0.306 e. The predicted octanol–water partition coefficient (Wildman–Crippen LogP) is 3.40. The van der Waals surface area contributed by atoms with Crippen LogP contribution in [-0.2, 0) is 6.42 Å². The number of halogens is 1. The fourth-order valence-electron chi connectivity index (χ4n) is 1.50. The topological polar surface area (TPSA) is 3.24 Å². The molecule has 0 bridgehead atoms. The zero-order valence-electron chi connectivity index (χ0n) is 10.3. The van der Waals surface area contributed by atoms with Crippen molar-refractivity contribution in [2.75, 3.05) is 14.1 Å². The minimum absolute atomic E-state index is 0.598. The van der Waals surface area contributed by atoms with Crippen LogP contribution in [-0.4, -0.2) is 25.0 Å². The highest BCUT2D eigenvalue weighted by molar-refractivity contribution is 14.1. The van der Waals surface area contributed by atoms with Crippen LogP contribution in [0.25, 0.3) is 0 Å². The van der Waals surface area contributed by atoms with Gasteiger partial charge in [-0.3, -0.25) is 0 Å². The summed E-state index contributed by atoms with van der Waals surface area (Å²) < 4.78 is 1.39. The van der Waals surface area contributed by atoms with Crippen molar-refractivity contribution in [1.29, 1.82) is 0 Å². The molecule has 0 amide bonds. The van der Waals surface area contributed by atoms with Crippen molar-refractivity contribution in [1.82, 2.24) is 4.90 Å². The van der Waals surface area contributed by atoms with E-state index in [2.05, 4.69) is 74.5 Å². The van der Waals surface area contributed by atoms with Gasteiger partial charge in [-0.2, -0.15) is 0 Å². The van der Waals surface area contributed by atoms with Gasteiger partial charge in [-0.15, -0.1) is 0 Å². The first-order valence-electron chi connectivity index (χ1n) is 5.34. The van der Waals surface area contributed by atoms with Gasteiger partial charge in [0, 0.05) is 9.61 Å². The summed E-state index contributed by atoms with van der Waals surface area (Å²) in [6, 6.07) is 5.21. The summed E-state index contributed by atoms with van der Waals surface area (Å²) in [6.45, 7) is 6.64. The fraction of sp³-hybridized carbons (Fsp3) is 0.538. The highest BCUT2D eigenvalue weighted by atomic mass is 127. The van der Waals surface area contributed by atoms with Crippen LogP contribution < -0.4 is 0 Å². The molecule has 0 saturated carbocycles. The maximum Gasteiger partial charge on any atom is 0.0165 e. The molecule has 0 aliphatic rings. The Kier molecular flexibility index (Phi) is 4.59. The van der Waals surface area contributed by atoms with Crippen molar-refractivity contribution in [3.8, 4) is 0 Å². The lowest BCUT2D eigenvalue weighted by atomic mass is 10.0. The minimum Gasteiger partial charge on any atom is -0.306 e. The number of aryl methyl sites for hydroxylation is 2. The highest BCUT2D eigenvalue weighted by Gasteiger charge is 2.09. The highest BCUT2D eigenvalue weighted by Crippen LogP contribution is 2.20. The maximum absolute atomic E-state index is 2.44. The summed E-state index contributed by atoms with van der Waals surface area (Å²) >= 11 is 2.44. The molecule has 0 radical (unpaired) electrons. The van der Waals surface area contributed by atoms with E-state index in [4.69, 9.17) is 0 Å². The molecule has 0 aliphatic heterocycles. The normalized spacial score (nSPS) is 13.3. The average molecular weight is 317 g/mol. The number of likely N-dealkylation sites (N-methyl/N-ethyl adjacent to an activating group) is 1. The summed E-state index contributed by atoms with van der Waals surface area (Å²) in [4.78, 5) is 2.27. The number of benzene rings is 1. The predicted molar refractivity (Wildman–Crippen MR) is 75.5 cm³/mol. The number of rotatable bonds is 3. The quantitative estimate of drug-likeness (QED) is 0.773. The van der Waals surface area contributed by atoms with Crippen LogP contribution >= 0.6 is 22.6 Å². The second-order valence-electron chi connectivity index (χ2n) is 4.54. The Morgan fingerprint density at radius 3 is 2.27 bits per heavy atom. The molecule has 15 heavy (non-hydrogen) atoms. The van der Waals surface area contributed by atoms with E-state index < -0.39 is 0 Å². The second kappa shape index (κ2) is 5.30. The number of hydrogen-bond acceptors (Lipinski definition) is 1. The third-order valence-electron chi connectivity index (χ3n) is 3.06. The van der Waals surface area contributed by atoms with Crippen molar-refractivity contribution in [2.45, 2.75) is 33.2 Å². The van der Waals surface area contributed by atoms with Gasteiger partial charge in [0.05, 0.1) is 0 Å². The Balaban J connectivity index is 2.91. The molecule has 0 fully saturated rings. The summed E-state index contributed by atoms with van der Waals surface area (Å²) in [5, 5.41) is 0. The van der Waals surface area contributed by atoms with Gasteiger partial charge in [-0.25, -0.2) is 0 Å². The maximum atomic E-state index is 2.44. The van der Waals surface area contributed by atoms with E-state index in [0.717, 1.165) is 6.42 Å². The van der Waals surface area contributed by atoms with E-state index in [1.807, 2.05) is 0 Å². The van der Waals surface area contributed by atoms with Crippen LogP contribution in [0.3, 0.4) is 0 Å². The van der Waals surface area contributed by atoms with E-state index in [1.54, 1.807) is 0 Å². The molecule has 0 spiro atoms. The van der Waals surface area contributed by atoms with E-state index in [1.165, 1.54) is 20.3 Å². The van der Waals surface area contributed by atoms with Gasteiger partial charge < -0.3 is 4.90 Å². The number of hydrogen-bond donors (Lipinski definition) is 0. The van der Waals surface area contributed by atoms with Crippen LogP contribution in [0.4, 0.5) is 0 Å². The zero-order chi connectivity index (χ0) is 11.6. The lowest BCUT2D eigenvalue weighted by Crippen LogP contribution is -2.27. The summed E-state index contributed by atoms with van der Waals surface area (Å²) in [6.07, 6.45) is 1.13. The van der Waals surface area contributed by atoms with Gasteiger partial charge in [0.2, 0.25) is 0 Å². The molecule has 0 aromatic heterocycles. The van der Waals surface area contributed by atoms with Crippen molar-refractivity contribution in [3.63, 3.8) is 0 Å². The van der Waals surface area contributed by atoms with Crippen LogP contribution in [0.15, 0.2) is 12.1 Å². The zero-order valence-corrected chi connectivity index (χ0v) is 12.4. The SMILES string of the molecule is Cc1cc(I)c(C[C@@H](C)N(C)C)cc1C. The average Bonchev–Trinajstić information content (AvgIpc) is 2.13. The standard InChI is InChI=1S/C13H20IN/c1-9-6-12(8-11(3)15(4)5)13(14)7-10(9)2/h6-7,11H,8H2,1-5H3/t11-/m1/s1. The molecular weight excluding hydrogens is 297 g/mol. The molecule has 0 aliphatic carbocycles. The van der Waals surface area contributed by atoms with Crippen LogP contribution in [0, 0.1) is 17.4 Å². The van der Waals surface area contributed by atoms with Crippen LogP contribution in [0.2, 0.25) is 0 Å². The molecule has 0 heterocycles. The molecule has 0 unspecified atom stereocenters. The molecule has 1 rings (SSSR count). The fourth-order valence-corrected chi connectivity index (χ4v) is 2.34. The molecule has 1 atom stereocenters. The van der Waals surface area contributed by atoms with Gasteiger partial charge in [0.25, 0.3) is 0 Å². The monoisotopic (exact) mass is 317 g/mol. The van der Waals surface area contributed by atoms with Gasteiger partial charge in [-0.05, 0) is 86.6 Å². The first-order valence-corrected chi connectivity index (χ1v) is 6.41. The third kappa shape index (κ3) is 3.45. The lowest BCUT2D eigenvalue weighted by molar-refractivity contribution is 0.312. The van der Waals surface area contributed by atoms with Gasteiger partial charge in [0.15, 0.2) is 0 Å². The Hall–Kier alpha value is -0.0900. The minimum atomic E-state index is 0.598. The Bertz CT molecular complexity index is 345. The summed E-state index contributed by atoms with van der Waals surface area (Å²) in [7, 11) is 4.27. The Morgan fingerprint density at radius 1 is 1.20 bits per heavy atom.